The van der Waals surface area contributed by atoms with Crippen LogP contribution in [0.2, 0.25) is 0 Å². The number of carbonyl (C=O) groups is 2. The van der Waals surface area contributed by atoms with Gasteiger partial charge in [-0.25, -0.2) is 4.79 Å². The predicted octanol–water partition coefficient (Wildman–Crippen LogP) is 2.64. The zero-order chi connectivity index (χ0) is 17.0. The van der Waals surface area contributed by atoms with Crippen LogP contribution in [0.1, 0.15) is 38.3 Å². The van der Waals surface area contributed by atoms with Gasteiger partial charge >= 0.3 is 12.0 Å². The first-order chi connectivity index (χ1) is 10.8. The van der Waals surface area contributed by atoms with Crippen molar-refractivity contribution in [2.24, 2.45) is 5.92 Å². The van der Waals surface area contributed by atoms with Crippen LogP contribution in [-0.4, -0.2) is 41.6 Å². The Balaban J connectivity index is 1.77. The fraction of sp³-hybridized carbons (Fsp3) is 0.556. The number of rotatable bonds is 4. The molecule has 0 saturated carbocycles. The molecule has 2 amide bonds. The van der Waals surface area contributed by atoms with Gasteiger partial charge < -0.3 is 15.3 Å². The lowest BCUT2D eigenvalue weighted by Crippen LogP contribution is -2.39. The van der Waals surface area contributed by atoms with Crippen LogP contribution in [0.3, 0.4) is 0 Å². The highest BCUT2D eigenvalue weighted by Crippen LogP contribution is 2.22. The number of carboxylic acid groups (broad SMARTS) is 1. The van der Waals surface area contributed by atoms with Gasteiger partial charge in [-0.05, 0) is 29.4 Å². The number of urea groups is 1. The monoisotopic (exact) mass is 318 g/mol. The molecule has 1 aliphatic heterocycles. The van der Waals surface area contributed by atoms with Crippen molar-refractivity contribution < 1.29 is 14.7 Å². The number of benzene rings is 1. The van der Waals surface area contributed by atoms with Crippen LogP contribution in [0.15, 0.2) is 24.3 Å². The summed E-state index contributed by atoms with van der Waals surface area (Å²) in [6.07, 6.45) is 1.31. The largest absolute Gasteiger partial charge is 0.481 e. The van der Waals surface area contributed by atoms with Crippen LogP contribution in [0, 0.1) is 5.92 Å². The molecule has 1 fully saturated rings. The van der Waals surface area contributed by atoms with E-state index in [1.807, 2.05) is 0 Å². The highest BCUT2D eigenvalue weighted by molar-refractivity contribution is 5.77. The summed E-state index contributed by atoms with van der Waals surface area (Å²) < 4.78 is 0. The highest BCUT2D eigenvalue weighted by Gasteiger charge is 2.30. The number of hydrogen-bond donors (Lipinski definition) is 2. The molecular weight excluding hydrogens is 292 g/mol. The second-order valence-electron chi connectivity index (χ2n) is 7.20. The van der Waals surface area contributed by atoms with E-state index in [9.17, 15) is 9.59 Å². The molecular formula is C18H26N2O3. The van der Waals surface area contributed by atoms with E-state index in [2.05, 4.69) is 50.4 Å². The zero-order valence-corrected chi connectivity index (χ0v) is 14.1. The first kappa shape index (κ1) is 17.3. The second kappa shape index (κ2) is 7.02. The highest BCUT2D eigenvalue weighted by atomic mass is 16.4. The number of carboxylic acids is 1. The number of nitrogens with one attached hydrogen (secondary N) is 1. The minimum atomic E-state index is -0.820. The van der Waals surface area contributed by atoms with E-state index in [4.69, 9.17) is 5.11 Å². The fourth-order valence-electron chi connectivity index (χ4n) is 2.74. The maximum atomic E-state index is 12.0. The molecule has 0 bridgehead atoms. The van der Waals surface area contributed by atoms with Crippen LogP contribution in [0.4, 0.5) is 4.79 Å². The topological polar surface area (TPSA) is 69.6 Å². The Morgan fingerprint density at radius 2 is 1.91 bits per heavy atom. The smallest absolute Gasteiger partial charge is 0.317 e. The van der Waals surface area contributed by atoms with Gasteiger partial charge in [-0.3, -0.25) is 4.79 Å². The average Bonchev–Trinajstić information content (AvgIpc) is 2.97. The molecule has 1 aliphatic rings. The number of amides is 2. The third-order valence-electron chi connectivity index (χ3n) is 4.33. The number of carbonyl (C=O) groups excluding carboxylic acids is 1. The molecule has 0 aromatic heterocycles. The standard InChI is InChI=1S/C18H26N2O3/c1-18(2,3)15-6-4-13(5-7-15)8-10-19-17(23)20-11-9-14(12-20)16(21)22/h4-7,14H,8-12H2,1-3H3,(H,19,23)(H,21,22). The Labute approximate surface area is 137 Å². The summed E-state index contributed by atoms with van der Waals surface area (Å²) in [7, 11) is 0. The van der Waals surface area contributed by atoms with Crippen molar-refractivity contribution in [2.75, 3.05) is 19.6 Å². The lowest BCUT2D eigenvalue weighted by atomic mass is 9.86. The Morgan fingerprint density at radius 1 is 1.26 bits per heavy atom. The molecule has 5 nitrogen and oxygen atoms in total. The first-order valence-corrected chi connectivity index (χ1v) is 8.12. The van der Waals surface area contributed by atoms with E-state index in [-0.39, 0.29) is 11.4 Å². The second-order valence-corrected chi connectivity index (χ2v) is 7.20. The Kier molecular flexibility index (Phi) is 5.29. The molecule has 1 atom stereocenters. The Hall–Kier alpha value is -2.04. The van der Waals surface area contributed by atoms with Crippen molar-refractivity contribution >= 4 is 12.0 Å². The van der Waals surface area contributed by atoms with E-state index in [0.29, 0.717) is 26.1 Å². The van der Waals surface area contributed by atoms with Crippen LogP contribution < -0.4 is 5.32 Å². The first-order valence-electron chi connectivity index (χ1n) is 8.12. The van der Waals surface area contributed by atoms with Gasteiger partial charge in [0.2, 0.25) is 0 Å². The van der Waals surface area contributed by atoms with Gasteiger partial charge in [0.1, 0.15) is 0 Å². The Bertz CT molecular complexity index is 561. The fourth-order valence-corrected chi connectivity index (χ4v) is 2.74. The molecule has 2 rings (SSSR count). The van der Waals surface area contributed by atoms with Crippen molar-refractivity contribution in [2.45, 2.75) is 39.0 Å². The van der Waals surface area contributed by atoms with Crippen LogP contribution >= 0.6 is 0 Å². The lowest BCUT2D eigenvalue weighted by Gasteiger charge is -2.19. The number of hydrogen-bond acceptors (Lipinski definition) is 2. The van der Waals surface area contributed by atoms with Crippen LogP contribution in [0.25, 0.3) is 0 Å². The number of nitrogens with zero attached hydrogens (tertiary/aromatic N) is 1. The summed E-state index contributed by atoms with van der Waals surface area (Å²) >= 11 is 0. The number of aliphatic carboxylic acids is 1. The molecule has 0 radical (unpaired) electrons. The van der Waals surface area contributed by atoms with Crippen molar-refractivity contribution in [3.8, 4) is 0 Å². The summed E-state index contributed by atoms with van der Waals surface area (Å²) in [5, 5.41) is 11.8. The van der Waals surface area contributed by atoms with Crippen LogP contribution in [-0.2, 0) is 16.6 Å². The van der Waals surface area contributed by atoms with Crippen molar-refractivity contribution in [1.29, 1.82) is 0 Å². The summed E-state index contributed by atoms with van der Waals surface area (Å²) in [5.41, 5.74) is 2.62. The van der Waals surface area contributed by atoms with Gasteiger partial charge in [0.25, 0.3) is 0 Å². The third-order valence-corrected chi connectivity index (χ3v) is 4.33. The van der Waals surface area contributed by atoms with E-state index in [1.165, 1.54) is 11.1 Å². The van der Waals surface area contributed by atoms with E-state index >= 15 is 0 Å². The average molecular weight is 318 g/mol. The predicted molar refractivity (Wildman–Crippen MR) is 89.6 cm³/mol. The molecule has 0 aliphatic carbocycles. The molecule has 2 N–H and O–H groups in total. The molecule has 0 spiro atoms. The van der Waals surface area contributed by atoms with Gasteiger partial charge in [-0.2, -0.15) is 0 Å². The van der Waals surface area contributed by atoms with Gasteiger partial charge in [-0.15, -0.1) is 0 Å². The normalized spacial score (nSPS) is 18.0. The molecule has 1 saturated heterocycles. The van der Waals surface area contributed by atoms with E-state index < -0.39 is 11.9 Å². The van der Waals surface area contributed by atoms with Crippen molar-refractivity contribution in [3.05, 3.63) is 35.4 Å². The molecule has 23 heavy (non-hydrogen) atoms. The zero-order valence-electron chi connectivity index (χ0n) is 14.1. The van der Waals surface area contributed by atoms with Gasteiger partial charge in [0.15, 0.2) is 0 Å². The molecule has 1 heterocycles. The lowest BCUT2D eigenvalue weighted by molar-refractivity contribution is -0.141. The molecule has 5 heteroatoms. The number of likely N-dealkylation sites (tertiary alicyclic amines) is 1. The van der Waals surface area contributed by atoms with Crippen molar-refractivity contribution in [3.63, 3.8) is 0 Å². The molecule has 126 valence electrons. The minimum absolute atomic E-state index is 0.142. The van der Waals surface area contributed by atoms with Gasteiger partial charge in [0, 0.05) is 19.6 Å². The third kappa shape index (κ3) is 4.71. The molecule has 1 unspecified atom stereocenters. The quantitative estimate of drug-likeness (QED) is 0.896. The maximum absolute atomic E-state index is 12.0. The van der Waals surface area contributed by atoms with Gasteiger partial charge in [-0.1, -0.05) is 45.0 Å². The molecule has 1 aromatic rings. The summed E-state index contributed by atoms with van der Waals surface area (Å²) in [6, 6.07) is 8.30. The summed E-state index contributed by atoms with van der Waals surface area (Å²) in [4.78, 5) is 24.5. The van der Waals surface area contributed by atoms with Crippen LogP contribution in [0.5, 0.6) is 0 Å². The summed E-state index contributed by atoms with van der Waals surface area (Å²) in [5.74, 6) is -1.25. The Morgan fingerprint density at radius 3 is 2.43 bits per heavy atom. The van der Waals surface area contributed by atoms with E-state index in [0.717, 1.165) is 6.42 Å². The van der Waals surface area contributed by atoms with Gasteiger partial charge in [0.05, 0.1) is 5.92 Å². The SMILES string of the molecule is CC(C)(C)c1ccc(CCNC(=O)N2CCC(C(=O)O)C2)cc1. The van der Waals surface area contributed by atoms with E-state index in [1.54, 1.807) is 4.90 Å². The maximum Gasteiger partial charge on any atom is 0.317 e. The summed E-state index contributed by atoms with van der Waals surface area (Å²) in [6.45, 7) is 7.93. The minimum Gasteiger partial charge on any atom is -0.481 e. The van der Waals surface area contributed by atoms with Crippen molar-refractivity contribution in [1.82, 2.24) is 10.2 Å². The molecule has 1 aromatic carbocycles.